The Morgan fingerprint density at radius 2 is 1.80 bits per heavy atom. The monoisotopic (exact) mass is 200 g/mol. The highest BCUT2D eigenvalue weighted by molar-refractivity contribution is 5.65. The zero-order valence-electron chi connectivity index (χ0n) is 7.83. The van der Waals surface area contributed by atoms with Crippen LogP contribution in [-0.2, 0) is 0 Å². The van der Waals surface area contributed by atoms with Gasteiger partial charge in [0.2, 0.25) is 0 Å². The van der Waals surface area contributed by atoms with E-state index in [1.807, 2.05) is 18.2 Å². The highest BCUT2D eigenvalue weighted by atomic mass is 16.6. The Balaban J connectivity index is 2.46. The molecule has 0 radical (unpaired) electrons. The molecule has 0 spiro atoms. The number of hydrogen-bond donors (Lipinski definition) is 0. The molecule has 0 bridgehead atoms. The Bertz CT molecular complexity index is 483. The third kappa shape index (κ3) is 1.99. The minimum atomic E-state index is -0.398. The van der Waals surface area contributed by atoms with Gasteiger partial charge < -0.3 is 0 Å². The van der Waals surface area contributed by atoms with E-state index >= 15 is 0 Å². The van der Waals surface area contributed by atoms with Gasteiger partial charge in [0.25, 0.3) is 5.69 Å². The molecule has 74 valence electrons. The number of nitro groups is 1. The van der Waals surface area contributed by atoms with Crippen molar-refractivity contribution in [2.45, 2.75) is 0 Å². The minimum Gasteiger partial charge on any atom is -0.265 e. The Hall–Kier alpha value is -2.23. The highest BCUT2D eigenvalue weighted by Crippen LogP contribution is 2.22. The summed E-state index contributed by atoms with van der Waals surface area (Å²) in [6, 6.07) is 10.2. The summed E-state index contributed by atoms with van der Waals surface area (Å²) in [5.74, 6) is 0. The third-order valence-electron chi connectivity index (χ3n) is 2.07. The second kappa shape index (κ2) is 3.88. The highest BCUT2D eigenvalue weighted by Gasteiger charge is 2.06. The molecule has 0 saturated heterocycles. The van der Waals surface area contributed by atoms with E-state index in [1.54, 1.807) is 24.5 Å². The topological polar surface area (TPSA) is 56.0 Å². The smallest absolute Gasteiger partial charge is 0.265 e. The molecule has 0 amide bonds. The van der Waals surface area contributed by atoms with Gasteiger partial charge in [0, 0.05) is 24.5 Å². The molecular formula is C11H8N2O2. The lowest BCUT2D eigenvalue weighted by molar-refractivity contribution is -0.384. The number of pyridine rings is 1. The van der Waals surface area contributed by atoms with Crippen molar-refractivity contribution in [3.05, 3.63) is 58.9 Å². The fourth-order valence-electron chi connectivity index (χ4n) is 1.34. The van der Waals surface area contributed by atoms with E-state index in [2.05, 4.69) is 4.98 Å². The van der Waals surface area contributed by atoms with E-state index in [0.717, 1.165) is 11.1 Å². The molecule has 0 unspecified atom stereocenters. The molecule has 0 aliphatic heterocycles. The van der Waals surface area contributed by atoms with Crippen LogP contribution in [0.3, 0.4) is 0 Å². The molecule has 1 aromatic heterocycles. The molecule has 0 aliphatic carbocycles. The van der Waals surface area contributed by atoms with Crippen LogP contribution in [0.4, 0.5) is 5.69 Å². The van der Waals surface area contributed by atoms with Crippen LogP contribution in [-0.4, -0.2) is 9.91 Å². The van der Waals surface area contributed by atoms with Gasteiger partial charge in [-0.2, -0.15) is 0 Å². The van der Waals surface area contributed by atoms with Crippen LogP contribution in [0.2, 0.25) is 0 Å². The zero-order valence-corrected chi connectivity index (χ0v) is 7.83. The first kappa shape index (κ1) is 9.33. The van der Waals surface area contributed by atoms with Gasteiger partial charge in [0.15, 0.2) is 0 Å². The van der Waals surface area contributed by atoms with Crippen molar-refractivity contribution in [1.82, 2.24) is 4.98 Å². The number of rotatable bonds is 2. The van der Waals surface area contributed by atoms with Crippen LogP contribution in [0.5, 0.6) is 0 Å². The Morgan fingerprint density at radius 3 is 2.47 bits per heavy atom. The van der Waals surface area contributed by atoms with Crippen molar-refractivity contribution in [2.24, 2.45) is 0 Å². The van der Waals surface area contributed by atoms with Crippen molar-refractivity contribution in [1.29, 1.82) is 0 Å². The molecule has 4 nitrogen and oxygen atoms in total. The zero-order chi connectivity index (χ0) is 10.7. The van der Waals surface area contributed by atoms with Crippen LogP contribution in [0, 0.1) is 10.1 Å². The summed E-state index contributed by atoms with van der Waals surface area (Å²) in [4.78, 5) is 14.1. The molecule has 1 aromatic carbocycles. The lowest BCUT2D eigenvalue weighted by atomic mass is 10.1. The Labute approximate surface area is 86.4 Å². The third-order valence-corrected chi connectivity index (χ3v) is 2.07. The van der Waals surface area contributed by atoms with E-state index < -0.39 is 4.92 Å². The van der Waals surface area contributed by atoms with Crippen molar-refractivity contribution in [2.75, 3.05) is 0 Å². The SMILES string of the molecule is O=[N+]([O-])c1cccc(-c2ccncc2)c1. The van der Waals surface area contributed by atoms with Gasteiger partial charge in [-0.25, -0.2) is 0 Å². The van der Waals surface area contributed by atoms with Crippen molar-refractivity contribution >= 4 is 5.69 Å². The Morgan fingerprint density at radius 1 is 1.07 bits per heavy atom. The summed E-state index contributed by atoms with van der Waals surface area (Å²) in [6.45, 7) is 0. The molecule has 0 aliphatic rings. The van der Waals surface area contributed by atoms with E-state index in [-0.39, 0.29) is 5.69 Å². The summed E-state index contributed by atoms with van der Waals surface area (Å²) < 4.78 is 0. The molecule has 0 atom stereocenters. The first-order valence-corrected chi connectivity index (χ1v) is 4.42. The molecule has 1 heterocycles. The maximum absolute atomic E-state index is 10.6. The van der Waals surface area contributed by atoms with Gasteiger partial charge in [-0.1, -0.05) is 12.1 Å². The molecule has 2 aromatic rings. The lowest BCUT2D eigenvalue weighted by Gasteiger charge is -1.99. The quantitative estimate of drug-likeness (QED) is 0.553. The number of hydrogen-bond acceptors (Lipinski definition) is 3. The van der Waals surface area contributed by atoms with Crippen molar-refractivity contribution in [3.8, 4) is 11.1 Å². The molecule has 15 heavy (non-hydrogen) atoms. The number of nitro benzene ring substituents is 1. The summed E-state index contributed by atoms with van der Waals surface area (Å²) in [6.07, 6.45) is 3.32. The summed E-state index contributed by atoms with van der Waals surface area (Å²) in [5.41, 5.74) is 1.85. The fourth-order valence-corrected chi connectivity index (χ4v) is 1.34. The first-order chi connectivity index (χ1) is 7.27. The molecule has 0 fully saturated rings. The standard InChI is InChI=1S/C11H8N2O2/c14-13(15)11-3-1-2-10(8-11)9-4-6-12-7-5-9/h1-8H. The van der Waals surface area contributed by atoms with E-state index in [0.29, 0.717) is 0 Å². The lowest BCUT2D eigenvalue weighted by Crippen LogP contribution is -1.87. The molecule has 4 heteroatoms. The van der Waals surface area contributed by atoms with Gasteiger partial charge in [-0.15, -0.1) is 0 Å². The maximum atomic E-state index is 10.6. The van der Waals surface area contributed by atoms with Crippen LogP contribution < -0.4 is 0 Å². The molecule has 2 rings (SSSR count). The predicted molar refractivity (Wildman–Crippen MR) is 56.3 cm³/mol. The first-order valence-electron chi connectivity index (χ1n) is 4.42. The summed E-state index contributed by atoms with van der Waals surface area (Å²) in [5, 5.41) is 10.6. The number of aromatic nitrogens is 1. The summed E-state index contributed by atoms with van der Waals surface area (Å²) in [7, 11) is 0. The second-order valence-corrected chi connectivity index (χ2v) is 3.04. The molecular weight excluding hydrogens is 192 g/mol. The van der Waals surface area contributed by atoms with Crippen LogP contribution in [0.15, 0.2) is 48.8 Å². The number of non-ortho nitro benzene ring substituents is 1. The van der Waals surface area contributed by atoms with Gasteiger partial charge >= 0.3 is 0 Å². The van der Waals surface area contributed by atoms with Gasteiger partial charge in [0.05, 0.1) is 4.92 Å². The van der Waals surface area contributed by atoms with E-state index in [9.17, 15) is 10.1 Å². The second-order valence-electron chi connectivity index (χ2n) is 3.04. The van der Waals surface area contributed by atoms with Gasteiger partial charge in [-0.3, -0.25) is 15.1 Å². The normalized spacial score (nSPS) is 9.87. The molecule has 0 N–H and O–H groups in total. The largest absolute Gasteiger partial charge is 0.270 e. The molecule has 0 saturated carbocycles. The number of benzene rings is 1. The average Bonchev–Trinajstić information content (AvgIpc) is 2.30. The van der Waals surface area contributed by atoms with Crippen molar-refractivity contribution < 1.29 is 4.92 Å². The average molecular weight is 200 g/mol. The van der Waals surface area contributed by atoms with E-state index in [4.69, 9.17) is 0 Å². The number of nitrogens with zero attached hydrogens (tertiary/aromatic N) is 2. The van der Waals surface area contributed by atoms with Crippen LogP contribution in [0.25, 0.3) is 11.1 Å². The minimum absolute atomic E-state index is 0.101. The summed E-state index contributed by atoms with van der Waals surface area (Å²) >= 11 is 0. The van der Waals surface area contributed by atoms with Crippen molar-refractivity contribution in [3.63, 3.8) is 0 Å². The van der Waals surface area contributed by atoms with E-state index in [1.165, 1.54) is 6.07 Å². The van der Waals surface area contributed by atoms with Crippen LogP contribution >= 0.6 is 0 Å². The predicted octanol–water partition coefficient (Wildman–Crippen LogP) is 2.66. The van der Waals surface area contributed by atoms with Gasteiger partial charge in [-0.05, 0) is 23.3 Å². The maximum Gasteiger partial charge on any atom is 0.270 e. The Kier molecular flexibility index (Phi) is 2.41. The fraction of sp³-hybridized carbons (Fsp3) is 0. The van der Waals surface area contributed by atoms with Crippen LogP contribution in [0.1, 0.15) is 0 Å². The van der Waals surface area contributed by atoms with Gasteiger partial charge in [0.1, 0.15) is 0 Å².